The third-order valence-corrected chi connectivity index (χ3v) is 4.90. The number of aliphatic hydroxyl groups is 1. The van der Waals surface area contributed by atoms with Gasteiger partial charge in [0.25, 0.3) is 0 Å². The highest BCUT2D eigenvalue weighted by Crippen LogP contribution is 2.29. The maximum Gasteiger partial charge on any atom is 0.245 e. The molecule has 0 aromatic heterocycles. The molecule has 2 radical (unpaired) electrons. The lowest BCUT2D eigenvalue weighted by Crippen LogP contribution is -2.46. The molecule has 1 aromatic rings. The number of likely N-dealkylation sites (tertiary alicyclic amines) is 1. The third-order valence-electron chi connectivity index (χ3n) is 4.90. The lowest BCUT2D eigenvalue weighted by atomic mass is 9.86. The molecule has 122 valence electrons. The molecule has 2 aliphatic rings. The smallest absolute Gasteiger partial charge is 0.245 e. The number of piperidine rings is 1. The van der Waals surface area contributed by atoms with Gasteiger partial charge in [-0.1, -0.05) is 17.6 Å². The van der Waals surface area contributed by atoms with E-state index in [1.807, 2.05) is 36.9 Å². The molecule has 3 rings (SSSR count). The van der Waals surface area contributed by atoms with Crippen molar-refractivity contribution in [2.75, 3.05) is 18.4 Å². The number of carbonyl (C=O) groups is 1. The minimum Gasteiger partial charge on any atom is -0.390 e. The maximum absolute atomic E-state index is 12.7. The Morgan fingerprint density at radius 2 is 2.09 bits per heavy atom. The second-order valence-corrected chi connectivity index (χ2v) is 7.60. The van der Waals surface area contributed by atoms with Crippen LogP contribution in [0.15, 0.2) is 18.2 Å². The lowest BCUT2D eigenvalue weighted by Gasteiger charge is -2.35. The van der Waals surface area contributed by atoms with Crippen molar-refractivity contribution in [3.8, 4) is 0 Å². The predicted octanol–water partition coefficient (Wildman–Crippen LogP) is 1.22. The highest BCUT2D eigenvalue weighted by Gasteiger charge is 2.33. The zero-order valence-electron chi connectivity index (χ0n) is 14.0. The zero-order valence-corrected chi connectivity index (χ0v) is 14.0. The van der Waals surface area contributed by atoms with Gasteiger partial charge in [0.05, 0.1) is 5.60 Å². The summed E-state index contributed by atoms with van der Waals surface area (Å²) < 4.78 is 0. The Labute approximate surface area is 139 Å². The normalized spacial score (nSPS) is 21.9. The standard InChI is InChI=1S/C18H25BN2O2/c1-18(2,23)11-12-5-7-21(8-6-12)17(22)16-10-13-9-14(19)3-4-15(13)20-16/h3-4,9,12,16,20,23H,5-8,10-11H2,1-2H3. The van der Waals surface area contributed by atoms with Crippen LogP contribution in [0.5, 0.6) is 0 Å². The molecule has 1 unspecified atom stereocenters. The van der Waals surface area contributed by atoms with Crippen LogP contribution in [0.3, 0.4) is 0 Å². The van der Waals surface area contributed by atoms with Gasteiger partial charge in [-0.25, -0.2) is 0 Å². The van der Waals surface area contributed by atoms with Gasteiger partial charge in [0.15, 0.2) is 0 Å². The topological polar surface area (TPSA) is 52.6 Å². The van der Waals surface area contributed by atoms with E-state index in [2.05, 4.69) is 5.32 Å². The van der Waals surface area contributed by atoms with Gasteiger partial charge in [0.1, 0.15) is 13.9 Å². The average molecular weight is 312 g/mol. The van der Waals surface area contributed by atoms with Crippen molar-refractivity contribution in [3.63, 3.8) is 0 Å². The largest absolute Gasteiger partial charge is 0.390 e. The van der Waals surface area contributed by atoms with Gasteiger partial charge in [0, 0.05) is 25.2 Å². The van der Waals surface area contributed by atoms with Gasteiger partial charge < -0.3 is 15.3 Å². The van der Waals surface area contributed by atoms with Crippen molar-refractivity contribution in [3.05, 3.63) is 23.8 Å². The number of benzene rings is 1. The van der Waals surface area contributed by atoms with Crippen LogP contribution in [0.2, 0.25) is 0 Å². The molecule has 2 aliphatic heterocycles. The average Bonchev–Trinajstić information content (AvgIpc) is 2.88. The van der Waals surface area contributed by atoms with E-state index < -0.39 is 5.60 Å². The van der Waals surface area contributed by atoms with Gasteiger partial charge in [-0.2, -0.15) is 0 Å². The molecule has 2 N–H and O–H groups in total. The van der Waals surface area contributed by atoms with E-state index >= 15 is 0 Å². The van der Waals surface area contributed by atoms with Crippen LogP contribution in [0, 0.1) is 5.92 Å². The molecule has 1 fully saturated rings. The Balaban J connectivity index is 1.55. The number of carbonyl (C=O) groups excluding carboxylic acids is 1. The Hall–Kier alpha value is -1.49. The van der Waals surface area contributed by atoms with Gasteiger partial charge in [-0.3, -0.25) is 4.79 Å². The molecule has 2 heterocycles. The minimum absolute atomic E-state index is 0.169. The molecule has 4 nitrogen and oxygen atoms in total. The first-order valence-electron chi connectivity index (χ1n) is 8.48. The van der Waals surface area contributed by atoms with Crippen molar-refractivity contribution in [2.45, 2.75) is 51.2 Å². The van der Waals surface area contributed by atoms with E-state index in [-0.39, 0.29) is 11.9 Å². The SMILES string of the molecule is [B]c1ccc2c(c1)CC(C(=O)N1CCC(CC(C)(C)O)CC1)N2. The van der Waals surface area contributed by atoms with Gasteiger partial charge in [-0.05, 0) is 50.7 Å². The van der Waals surface area contributed by atoms with Crippen LogP contribution in [0.1, 0.15) is 38.7 Å². The van der Waals surface area contributed by atoms with Crippen LogP contribution >= 0.6 is 0 Å². The monoisotopic (exact) mass is 312 g/mol. The Morgan fingerprint density at radius 1 is 1.39 bits per heavy atom. The summed E-state index contributed by atoms with van der Waals surface area (Å²) >= 11 is 0. The quantitative estimate of drug-likeness (QED) is 0.825. The number of anilines is 1. The number of fused-ring (bicyclic) bond motifs is 1. The van der Waals surface area contributed by atoms with E-state index in [1.54, 1.807) is 0 Å². The molecule has 0 aliphatic carbocycles. The van der Waals surface area contributed by atoms with E-state index in [9.17, 15) is 9.90 Å². The summed E-state index contributed by atoms with van der Waals surface area (Å²) in [6.45, 7) is 5.29. The summed E-state index contributed by atoms with van der Waals surface area (Å²) in [5.41, 5.74) is 2.27. The van der Waals surface area contributed by atoms with Crippen molar-refractivity contribution >= 4 is 24.9 Å². The predicted molar refractivity (Wildman–Crippen MR) is 93.2 cm³/mol. The first-order valence-corrected chi connectivity index (χ1v) is 8.48. The summed E-state index contributed by atoms with van der Waals surface area (Å²) in [4.78, 5) is 14.7. The summed E-state index contributed by atoms with van der Waals surface area (Å²) in [6, 6.07) is 5.59. The Kier molecular flexibility index (Phi) is 4.41. The van der Waals surface area contributed by atoms with Gasteiger partial charge >= 0.3 is 0 Å². The molecule has 1 amide bonds. The Bertz CT molecular complexity index is 589. The molecule has 23 heavy (non-hydrogen) atoms. The maximum atomic E-state index is 12.7. The van der Waals surface area contributed by atoms with Crippen molar-refractivity contribution in [2.24, 2.45) is 5.92 Å². The summed E-state index contributed by atoms with van der Waals surface area (Å²) in [6.07, 6.45) is 3.47. The number of nitrogens with zero attached hydrogens (tertiary/aromatic N) is 1. The fraction of sp³-hybridized carbons (Fsp3) is 0.611. The molecular formula is C18H25BN2O2. The summed E-state index contributed by atoms with van der Waals surface area (Å²) in [7, 11) is 5.82. The summed E-state index contributed by atoms with van der Waals surface area (Å²) in [5, 5.41) is 13.3. The van der Waals surface area contributed by atoms with Gasteiger partial charge in [0.2, 0.25) is 5.91 Å². The molecule has 1 aromatic carbocycles. The summed E-state index contributed by atoms with van der Waals surface area (Å²) in [5.74, 6) is 0.689. The fourth-order valence-corrected chi connectivity index (χ4v) is 3.82. The molecule has 1 saturated heterocycles. The van der Waals surface area contributed by atoms with Crippen molar-refractivity contribution in [1.82, 2.24) is 4.90 Å². The number of hydrogen-bond acceptors (Lipinski definition) is 3. The third kappa shape index (κ3) is 3.89. The van der Waals surface area contributed by atoms with E-state index in [0.29, 0.717) is 12.3 Å². The van der Waals surface area contributed by atoms with Crippen LogP contribution in [0.4, 0.5) is 5.69 Å². The minimum atomic E-state index is -0.620. The molecule has 0 spiro atoms. The number of rotatable bonds is 3. The second kappa shape index (κ2) is 6.19. The number of nitrogens with one attached hydrogen (secondary N) is 1. The zero-order chi connectivity index (χ0) is 16.6. The first kappa shape index (κ1) is 16.4. The lowest BCUT2D eigenvalue weighted by molar-refractivity contribution is -0.133. The molecule has 0 saturated carbocycles. The van der Waals surface area contributed by atoms with E-state index in [1.165, 1.54) is 0 Å². The van der Waals surface area contributed by atoms with E-state index in [0.717, 1.165) is 49.1 Å². The van der Waals surface area contributed by atoms with Crippen LogP contribution in [-0.2, 0) is 11.2 Å². The molecule has 0 bridgehead atoms. The molecule has 5 heteroatoms. The Morgan fingerprint density at radius 3 is 2.74 bits per heavy atom. The van der Waals surface area contributed by atoms with Gasteiger partial charge in [-0.15, -0.1) is 0 Å². The highest BCUT2D eigenvalue weighted by atomic mass is 16.3. The van der Waals surface area contributed by atoms with Crippen LogP contribution in [0.25, 0.3) is 0 Å². The van der Waals surface area contributed by atoms with E-state index in [4.69, 9.17) is 7.85 Å². The molecular weight excluding hydrogens is 287 g/mol. The van der Waals surface area contributed by atoms with Crippen molar-refractivity contribution in [1.29, 1.82) is 0 Å². The molecule has 1 atom stereocenters. The van der Waals surface area contributed by atoms with Crippen LogP contribution < -0.4 is 10.8 Å². The number of hydrogen-bond donors (Lipinski definition) is 2. The first-order chi connectivity index (χ1) is 10.8. The second-order valence-electron chi connectivity index (χ2n) is 7.60. The fourth-order valence-electron chi connectivity index (χ4n) is 3.82. The van der Waals surface area contributed by atoms with Crippen LogP contribution in [-0.4, -0.2) is 48.5 Å². The highest BCUT2D eigenvalue weighted by molar-refractivity contribution is 6.32. The van der Waals surface area contributed by atoms with Crippen molar-refractivity contribution < 1.29 is 9.90 Å². The number of amides is 1.